The van der Waals surface area contributed by atoms with Crippen LogP contribution in [0.3, 0.4) is 0 Å². The Bertz CT molecular complexity index is 414. The van der Waals surface area contributed by atoms with Crippen molar-refractivity contribution in [3.05, 3.63) is 28.2 Å². The van der Waals surface area contributed by atoms with Crippen LogP contribution < -0.4 is 10.6 Å². The molecule has 0 aromatic heterocycles. The Balaban J connectivity index is 1.99. The van der Waals surface area contributed by atoms with Gasteiger partial charge in [0.2, 0.25) is 5.91 Å². The largest absolute Gasteiger partial charge is 0.326 e. The van der Waals surface area contributed by atoms with Crippen molar-refractivity contribution in [2.24, 2.45) is 5.92 Å². The summed E-state index contributed by atoms with van der Waals surface area (Å²) in [6, 6.07) is 5.89. The maximum Gasteiger partial charge on any atom is 0.228 e. The fraction of sp³-hybridized carbons (Fsp3) is 0.462. The number of carbonyl (C=O) groups is 1. The molecule has 0 saturated carbocycles. The lowest BCUT2D eigenvalue weighted by Gasteiger charge is -2.22. The summed E-state index contributed by atoms with van der Waals surface area (Å²) >= 11 is 3.47. The number of benzene rings is 1. The van der Waals surface area contributed by atoms with Gasteiger partial charge in [-0.15, -0.1) is 0 Å². The lowest BCUT2D eigenvalue weighted by Crippen LogP contribution is -2.37. The van der Waals surface area contributed by atoms with Crippen LogP contribution in [0.2, 0.25) is 0 Å². The Morgan fingerprint density at radius 2 is 2.35 bits per heavy atom. The molecular formula is C13H17BrN2O. The highest BCUT2D eigenvalue weighted by Gasteiger charge is 2.20. The third kappa shape index (κ3) is 3.30. The van der Waals surface area contributed by atoms with Gasteiger partial charge in [-0.2, -0.15) is 0 Å². The zero-order valence-electron chi connectivity index (χ0n) is 9.92. The van der Waals surface area contributed by atoms with Crippen LogP contribution in [0.25, 0.3) is 0 Å². The molecule has 0 spiro atoms. The summed E-state index contributed by atoms with van der Waals surface area (Å²) in [5.41, 5.74) is 2.03. The Kier molecular flexibility index (Phi) is 4.18. The Morgan fingerprint density at radius 3 is 3.00 bits per heavy atom. The molecule has 1 saturated heterocycles. The van der Waals surface area contributed by atoms with Crippen LogP contribution in [0.1, 0.15) is 18.4 Å². The summed E-state index contributed by atoms with van der Waals surface area (Å²) in [5.74, 6) is 0.219. The van der Waals surface area contributed by atoms with Gasteiger partial charge in [0.05, 0.1) is 5.92 Å². The van der Waals surface area contributed by atoms with Crippen LogP contribution in [0.5, 0.6) is 0 Å². The third-order valence-electron chi connectivity index (χ3n) is 3.11. The fourth-order valence-corrected chi connectivity index (χ4v) is 2.37. The molecule has 1 aliphatic rings. The molecule has 4 heteroatoms. The topological polar surface area (TPSA) is 41.1 Å². The van der Waals surface area contributed by atoms with Crippen LogP contribution >= 0.6 is 15.9 Å². The Hall–Kier alpha value is -0.870. The molecule has 1 aromatic carbocycles. The molecule has 1 aliphatic heterocycles. The second-order valence-corrected chi connectivity index (χ2v) is 5.35. The van der Waals surface area contributed by atoms with Crippen molar-refractivity contribution in [1.82, 2.24) is 5.32 Å². The molecule has 2 rings (SSSR count). The van der Waals surface area contributed by atoms with Gasteiger partial charge < -0.3 is 10.6 Å². The van der Waals surface area contributed by atoms with Gasteiger partial charge in [-0.1, -0.05) is 22.0 Å². The van der Waals surface area contributed by atoms with Crippen LogP contribution in [0.15, 0.2) is 22.7 Å². The van der Waals surface area contributed by atoms with E-state index >= 15 is 0 Å². The van der Waals surface area contributed by atoms with Crippen molar-refractivity contribution in [3.8, 4) is 0 Å². The van der Waals surface area contributed by atoms with Gasteiger partial charge in [-0.05, 0) is 44.0 Å². The van der Waals surface area contributed by atoms with Crippen LogP contribution in [0.4, 0.5) is 5.69 Å². The third-order valence-corrected chi connectivity index (χ3v) is 3.96. The average molecular weight is 297 g/mol. The molecule has 0 bridgehead atoms. The molecule has 1 aromatic rings. The number of halogens is 1. The van der Waals surface area contributed by atoms with Gasteiger partial charge in [0.25, 0.3) is 0 Å². The SMILES string of the molecule is Cc1ccc(NC(=O)[C@H]2CCCNC2)cc1Br. The summed E-state index contributed by atoms with van der Waals surface area (Å²) in [4.78, 5) is 12.0. The van der Waals surface area contributed by atoms with Crippen molar-refractivity contribution in [1.29, 1.82) is 0 Å². The molecule has 92 valence electrons. The number of carbonyl (C=O) groups excluding carboxylic acids is 1. The monoisotopic (exact) mass is 296 g/mol. The van der Waals surface area contributed by atoms with E-state index in [-0.39, 0.29) is 11.8 Å². The van der Waals surface area contributed by atoms with Gasteiger partial charge in [0, 0.05) is 16.7 Å². The van der Waals surface area contributed by atoms with E-state index in [1.807, 2.05) is 25.1 Å². The van der Waals surface area contributed by atoms with Crippen molar-refractivity contribution in [2.75, 3.05) is 18.4 Å². The molecule has 17 heavy (non-hydrogen) atoms. The van der Waals surface area contributed by atoms with Crippen LogP contribution in [0, 0.1) is 12.8 Å². The minimum Gasteiger partial charge on any atom is -0.326 e. The van der Waals surface area contributed by atoms with E-state index in [0.717, 1.165) is 36.1 Å². The van der Waals surface area contributed by atoms with Gasteiger partial charge >= 0.3 is 0 Å². The highest BCUT2D eigenvalue weighted by atomic mass is 79.9. The minimum absolute atomic E-state index is 0.101. The average Bonchev–Trinajstić information content (AvgIpc) is 2.35. The van der Waals surface area contributed by atoms with E-state index in [1.165, 1.54) is 5.56 Å². The molecule has 2 N–H and O–H groups in total. The van der Waals surface area contributed by atoms with E-state index in [2.05, 4.69) is 26.6 Å². The van der Waals surface area contributed by atoms with E-state index in [4.69, 9.17) is 0 Å². The fourth-order valence-electron chi connectivity index (χ4n) is 1.99. The number of hydrogen-bond acceptors (Lipinski definition) is 2. The first kappa shape index (κ1) is 12.6. The number of nitrogens with one attached hydrogen (secondary N) is 2. The number of hydrogen-bond donors (Lipinski definition) is 2. The summed E-state index contributed by atoms with van der Waals surface area (Å²) < 4.78 is 1.03. The molecule has 3 nitrogen and oxygen atoms in total. The molecule has 1 heterocycles. The van der Waals surface area contributed by atoms with Crippen molar-refractivity contribution in [2.45, 2.75) is 19.8 Å². The summed E-state index contributed by atoms with van der Waals surface area (Å²) in [6.07, 6.45) is 2.06. The second kappa shape index (κ2) is 5.65. The van der Waals surface area contributed by atoms with Crippen molar-refractivity contribution in [3.63, 3.8) is 0 Å². The van der Waals surface area contributed by atoms with E-state index in [0.29, 0.717) is 0 Å². The zero-order valence-corrected chi connectivity index (χ0v) is 11.5. The van der Waals surface area contributed by atoms with Crippen molar-refractivity contribution < 1.29 is 4.79 Å². The highest BCUT2D eigenvalue weighted by molar-refractivity contribution is 9.10. The maximum absolute atomic E-state index is 12.0. The van der Waals surface area contributed by atoms with Gasteiger partial charge in [-0.25, -0.2) is 0 Å². The molecule has 0 radical (unpaired) electrons. The van der Waals surface area contributed by atoms with Crippen LogP contribution in [-0.4, -0.2) is 19.0 Å². The van der Waals surface area contributed by atoms with E-state index in [9.17, 15) is 4.79 Å². The van der Waals surface area contributed by atoms with E-state index in [1.54, 1.807) is 0 Å². The maximum atomic E-state index is 12.0. The van der Waals surface area contributed by atoms with E-state index < -0.39 is 0 Å². The number of piperidine rings is 1. The quantitative estimate of drug-likeness (QED) is 0.881. The predicted molar refractivity (Wildman–Crippen MR) is 73.1 cm³/mol. The second-order valence-electron chi connectivity index (χ2n) is 4.50. The zero-order chi connectivity index (χ0) is 12.3. The number of rotatable bonds is 2. The number of amides is 1. The standard InChI is InChI=1S/C13H17BrN2O/c1-9-4-5-11(7-12(9)14)16-13(17)10-3-2-6-15-8-10/h4-5,7,10,15H,2-3,6,8H2,1H3,(H,16,17)/t10-/m0/s1. The van der Waals surface area contributed by atoms with Gasteiger partial charge in [-0.3, -0.25) is 4.79 Å². The molecule has 1 atom stereocenters. The highest BCUT2D eigenvalue weighted by Crippen LogP contribution is 2.21. The molecule has 0 unspecified atom stereocenters. The van der Waals surface area contributed by atoms with Gasteiger partial charge in [0.1, 0.15) is 0 Å². The lowest BCUT2D eigenvalue weighted by molar-refractivity contribution is -0.120. The van der Waals surface area contributed by atoms with Gasteiger partial charge in [0.15, 0.2) is 0 Å². The van der Waals surface area contributed by atoms with Crippen molar-refractivity contribution >= 4 is 27.5 Å². The molecular weight excluding hydrogens is 280 g/mol. The Labute approximate surface area is 110 Å². The molecule has 1 fully saturated rings. The first-order valence-electron chi connectivity index (χ1n) is 5.94. The molecule has 1 amide bonds. The summed E-state index contributed by atoms with van der Waals surface area (Å²) in [5, 5.41) is 6.22. The predicted octanol–water partition coefficient (Wildman–Crippen LogP) is 2.70. The first-order chi connectivity index (χ1) is 8.16. The first-order valence-corrected chi connectivity index (χ1v) is 6.74. The lowest BCUT2D eigenvalue weighted by atomic mass is 9.99. The Morgan fingerprint density at radius 1 is 1.53 bits per heavy atom. The number of aryl methyl sites for hydroxylation is 1. The van der Waals surface area contributed by atoms with Crippen LogP contribution in [-0.2, 0) is 4.79 Å². The molecule has 0 aliphatic carbocycles. The minimum atomic E-state index is 0.101. The summed E-state index contributed by atoms with van der Waals surface area (Å²) in [6.45, 7) is 3.85. The normalized spacial score (nSPS) is 20.0. The smallest absolute Gasteiger partial charge is 0.228 e. The number of anilines is 1. The summed E-state index contributed by atoms with van der Waals surface area (Å²) in [7, 11) is 0.